The van der Waals surface area contributed by atoms with Crippen molar-refractivity contribution in [3.63, 3.8) is 0 Å². The first kappa shape index (κ1) is 20.3. The first-order chi connectivity index (χ1) is 14.3. The number of ether oxygens (including phenoxy) is 1. The van der Waals surface area contributed by atoms with E-state index in [2.05, 4.69) is 11.4 Å². The zero-order valence-corrected chi connectivity index (χ0v) is 17.4. The van der Waals surface area contributed by atoms with Crippen LogP contribution in [0.3, 0.4) is 0 Å². The summed E-state index contributed by atoms with van der Waals surface area (Å²) in [5.41, 5.74) is 2.27. The topological polar surface area (TPSA) is 95.5 Å². The molecule has 1 aromatic heterocycles. The van der Waals surface area contributed by atoms with Gasteiger partial charge in [-0.25, -0.2) is 0 Å². The normalized spacial score (nSPS) is 18.1. The number of amides is 1. The molecule has 0 unspecified atom stereocenters. The second-order valence-corrected chi connectivity index (χ2v) is 8.20. The number of nitrogens with zero attached hydrogens (tertiary/aromatic N) is 1. The average molecular weight is 425 g/mol. The molecule has 0 spiro atoms. The van der Waals surface area contributed by atoms with Crippen LogP contribution < -0.4 is 10.1 Å². The Morgan fingerprint density at radius 1 is 1.27 bits per heavy atom. The van der Waals surface area contributed by atoms with Crippen molar-refractivity contribution in [3.05, 3.63) is 52.7 Å². The Kier molecular flexibility index (Phi) is 5.42. The van der Waals surface area contributed by atoms with Gasteiger partial charge in [-0.05, 0) is 63.1 Å². The van der Waals surface area contributed by atoms with E-state index in [1.165, 1.54) is 0 Å². The van der Waals surface area contributed by atoms with Gasteiger partial charge in [0.05, 0.1) is 23.8 Å². The minimum absolute atomic E-state index is 0.0536. The third-order valence-electron chi connectivity index (χ3n) is 5.01. The fourth-order valence-corrected chi connectivity index (χ4v) is 3.78. The molecule has 2 N–H and O–H groups in total. The van der Waals surface area contributed by atoms with Gasteiger partial charge in [0.2, 0.25) is 0 Å². The maximum atomic E-state index is 12.6. The number of halogens is 1. The fraction of sp³-hybridized carbons (Fsp3) is 0.304. The lowest BCUT2D eigenvalue weighted by Gasteiger charge is -2.31. The van der Waals surface area contributed by atoms with E-state index in [4.69, 9.17) is 20.8 Å². The average Bonchev–Trinajstić information content (AvgIpc) is 3.10. The lowest BCUT2D eigenvalue weighted by Crippen LogP contribution is -2.46. The highest BCUT2D eigenvalue weighted by atomic mass is 35.5. The molecule has 6 nitrogen and oxygen atoms in total. The number of rotatable bonds is 5. The van der Waals surface area contributed by atoms with Crippen LogP contribution in [0.1, 0.15) is 42.8 Å². The number of hydrogen-bond donors (Lipinski definition) is 2. The van der Waals surface area contributed by atoms with E-state index in [1.54, 1.807) is 36.4 Å². The Morgan fingerprint density at radius 3 is 2.70 bits per heavy atom. The maximum absolute atomic E-state index is 12.6. The van der Waals surface area contributed by atoms with Crippen molar-refractivity contribution in [2.24, 2.45) is 0 Å². The molecule has 30 heavy (non-hydrogen) atoms. The number of aliphatic hydroxyl groups excluding tert-OH is 1. The SMILES string of the molecule is CC(C)Oc1ccc(C#N)cc1-c1cc(Cl)cc2cc(C(=O)NC3CC(O)C3)oc12. The van der Waals surface area contributed by atoms with Crippen molar-refractivity contribution in [3.8, 4) is 22.9 Å². The first-order valence-corrected chi connectivity index (χ1v) is 10.1. The largest absolute Gasteiger partial charge is 0.490 e. The Morgan fingerprint density at radius 2 is 2.03 bits per heavy atom. The summed E-state index contributed by atoms with van der Waals surface area (Å²) in [7, 11) is 0. The van der Waals surface area contributed by atoms with Gasteiger partial charge in [0.1, 0.15) is 11.3 Å². The second kappa shape index (κ2) is 8.02. The van der Waals surface area contributed by atoms with Gasteiger partial charge < -0.3 is 19.6 Å². The molecule has 3 aromatic rings. The van der Waals surface area contributed by atoms with E-state index in [1.807, 2.05) is 13.8 Å². The number of hydrogen-bond acceptors (Lipinski definition) is 5. The van der Waals surface area contributed by atoms with E-state index in [0.717, 1.165) is 0 Å². The van der Waals surface area contributed by atoms with Crippen LogP contribution in [0.15, 0.2) is 40.8 Å². The van der Waals surface area contributed by atoms with Crippen molar-refractivity contribution < 1.29 is 19.1 Å². The quantitative estimate of drug-likeness (QED) is 0.620. The number of nitriles is 1. The molecular formula is C23H21ClN2O4. The van der Waals surface area contributed by atoms with E-state index in [9.17, 15) is 15.2 Å². The van der Waals surface area contributed by atoms with Gasteiger partial charge in [-0.2, -0.15) is 5.26 Å². The molecule has 4 rings (SSSR count). The second-order valence-electron chi connectivity index (χ2n) is 7.77. The number of carbonyl (C=O) groups is 1. The van der Waals surface area contributed by atoms with Crippen LogP contribution in [0.2, 0.25) is 5.02 Å². The summed E-state index contributed by atoms with van der Waals surface area (Å²) in [5, 5.41) is 22.8. The number of nitrogens with one attached hydrogen (secondary N) is 1. The highest BCUT2D eigenvalue weighted by molar-refractivity contribution is 6.32. The first-order valence-electron chi connectivity index (χ1n) is 9.77. The van der Waals surface area contributed by atoms with Gasteiger partial charge in [-0.1, -0.05) is 11.6 Å². The van der Waals surface area contributed by atoms with E-state index in [-0.39, 0.29) is 29.9 Å². The molecular weight excluding hydrogens is 404 g/mol. The lowest BCUT2D eigenvalue weighted by atomic mass is 9.89. The molecule has 0 atom stereocenters. The monoisotopic (exact) mass is 424 g/mol. The molecule has 0 aliphatic heterocycles. The fourth-order valence-electron chi connectivity index (χ4n) is 3.56. The van der Waals surface area contributed by atoms with Crippen molar-refractivity contribution in [1.82, 2.24) is 5.32 Å². The van der Waals surface area contributed by atoms with E-state index < -0.39 is 0 Å². The Labute approximate surface area is 179 Å². The van der Waals surface area contributed by atoms with Crippen LogP contribution in [0.4, 0.5) is 0 Å². The number of furan rings is 1. The minimum Gasteiger partial charge on any atom is -0.490 e. The molecule has 1 saturated carbocycles. The molecule has 0 radical (unpaired) electrons. The molecule has 1 fully saturated rings. The highest BCUT2D eigenvalue weighted by Crippen LogP contribution is 2.39. The zero-order chi connectivity index (χ0) is 21.4. The summed E-state index contributed by atoms with van der Waals surface area (Å²) >= 11 is 6.35. The van der Waals surface area contributed by atoms with Gasteiger partial charge in [-0.15, -0.1) is 0 Å². The number of aliphatic hydroxyl groups is 1. The van der Waals surface area contributed by atoms with Gasteiger partial charge in [0.25, 0.3) is 5.91 Å². The molecule has 1 amide bonds. The minimum atomic E-state index is -0.358. The highest BCUT2D eigenvalue weighted by Gasteiger charge is 2.29. The summed E-state index contributed by atoms with van der Waals surface area (Å²) in [6, 6.07) is 12.4. The summed E-state index contributed by atoms with van der Waals surface area (Å²) in [6.45, 7) is 3.84. The summed E-state index contributed by atoms with van der Waals surface area (Å²) in [6.07, 6.45) is 0.657. The van der Waals surface area contributed by atoms with Gasteiger partial charge >= 0.3 is 0 Å². The third kappa shape index (κ3) is 4.00. The Bertz CT molecular complexity index is 1160. The molecule has 0 saturated heterocycles. The zero-order valence-electron chi connectivity index (χ0n) is 16.6. The summed E-state index contributed by atoms with van der Waals surface area (Å²) in [4.78, 5) is 12.6. The standard InChI is InChI=1S/C23H21ClN2O4/c1-12(2)29-20-4-3-13(11-25)5-18(20)19-8-15(24)6-14-7-21(30-22(14)19)23(28)26-16-9-17(27)10-16/h3-8,12,16-17,27H,9-10H2,1-2H3,(H,26,28). The van der Waals surface area contributed by atoms with Crippen LogP contribution in [0.5, 0.6) is 5.75 Å². The smallest absolute Gasteiger partial charge is 0.287 e. The molecule has 154 valence electrons. The summed E-state index contributed by atoms with van der Waals surface area (Å²) < 4.78 is 11.9. The molecule has 2 aromatic carbocycles. The van der Waals surface area contributed by atoms with Crippen molar-refractivity contribution in [2.75, 3.05) is 0 Å². The number of benzene rings is 2. The molecule has 1 heterocycles. The molecule has 1 aliphatic rings. The van der Waals surface area contributed by atoms with Crippen molar-refractivity contribution in [1.29, 1.82) is 5.26 Å². The Hall–Kier alpha value is -3.01. The van der Waals surface area contributed by atoms with Crippen LogP contribution in [0, 0.1) is 11.3 Å². The predicted octanol–water partition coefficient (Wildman–Crippen LogP) is 4.67. The summed E-state index contributed by atoms with van der Waals surface area (Å²) in [5.74, 6) is 0.422. The number of carbonyl (C=O) groups excluding carboxylic acids is 1. The predicted molar refractivity (Wildman–Crippen MR) is 114 cm³/mol. The van der Waals surface area contributed by atoms with Gasteiger partial charge in [0, 0.05) is 27.6 Å². The van der Waals surface area contributed by atoms with E-state index in [0.29, 0.717) is 51.3 Å². The number of fused-ring (bicyclic) bond motifs is 1. The molecule has 1 aliphatic carbocycles. The van der Waals surface area contributed by atoms with Crippen molar-refractivity contribution in [2.45, 2.75) is 44.9 Å². The Balaban J connectivity index is 1.79. The molecule has 0 bridgehead atoms. The van der Waals surface area contributed by atoms with Gasteiger partial charge in [-0.3, -0.25) is 4.79 Å². The van der Waals surface area contributed by atoms with Crippen molar-refractivity contribution >= 4 is 28.5 Å². The molecule has 7 heteroatoms. The van der Waals surface area contributed by atoms with Crippen LogP contribution in [0.25, 0.3) is 22.1 Å². The van der Waals surface area contributed by atoms with Crippen LogP contribution >= 0.6 is 11.6 Å². The van der Waals surface area contributed by atoms with Crippen LogP contribution in [-0.2, 0) is 0 Å². The third-order valence-corrected chi connectivity index (χ3v) is 5.23. The maximum Gasteiger partial charge on any atom is 0.287 e. The lowest BCUT2D eigenvalue weighted by molar-refractivity contribution is 0.0552. The van der Waals surface area contributed by atoms with Gasteiger partial charge in [0.15, 0.2) is 5.76 Å². The van der Waals surface area contributed by atoms with E-state index >= 15 is 0 Å². The van der Waals surface area contributed by atoms with Crippen LogP contribution in [-0.4, -0.2) is 29.3 Å².